The van der Waals surface area contributed by atoms with Crippen molar-refractivity contribution in [1.82, 2.24) is 19.6 Å². The fraction of sp³-hybridized carbons (Fsp3) is 0.474. The van der Waals surface area contributed by atoms with Gasteiger partial charge in [-0.3, -0.25) is 0 Å². The van der Waals surface area contributed by atoms with Crippen LogP contribution in [0.5, 0.6) is 0 Å². The molecule has 3 aliphatic rings. The molecule has 3 atom stereocenters. The third-order valence-corrected chi connectivity index (χ3v) is 5.93. The molecule has 4 heterocycles. The van der Waals surface area contributed by atoms with E-state index < -0.39 is 0 Å². The molecule has 3 fully saturated rings. The molecular weight excluding hydrogens is 300 g/mol. The Bertz CT molecular complexity index is 896. The Hall–Kier alpha value is -2.14. The van der Waals surface area contributed by atoms with E-state index >= 15 is 0 Å². The van der Waals surface area contributed by atoms with E-state index in [-0.39, 0.29) is 0 Å². The summed E-state index contributed by atoms with van der Waals surface area (Å²) in [7, 11) is 4.28. The lowest BCUT2D eigenvalue weighted by molar-refractivity contribution is 0.0403. The molecule has 3 aromatic rings. The summed E-state index contributed by atoms with van der Waals surface area (Å²) in [4.78, 5) is 7.28. The van der Waals surface area contributed by atoms with Crippen molar-refractivity contribution in [1.29, 1.82) is 0 Å². The number of benzene rings is 1. The molecule has 0 unspecified atom stereocenters. The van der Waals surface area contributed by atoms with Gasteiger partial charge < -0.3 is 14.0 Å². The lowest BCUT2D eigenvalue weighted by Gasteiger charge is -2.47. The van der Waals surface area contributed by atoms with Crippen molar-refractivity contribution in [2.75, 3.05) is 13.6 Å². The van der Waals surface area contributed by atoms with Crippen LogP contribution in [0.2, 0.25) is 0 Å². The fourth-order valence-electron chi connectivity index (χ4n) is 4.76. The number of likely N-dealkylation sites (N-methyl/N-ethyl adjacent to an activating group) is 1. The summed E-state index contributed by atoms with van der Waals surface area (Å²) in [5.74, 6) is 2.70. The van der Waals surface area contributed by atoms with Gasteiger partial charge in [0.05, 0.1) is 5.92 Å². The number of para-hydroxylation sites is 1. The molecule has 0 spiro atoms. The van der Waals surface area contributed by atoms with Crippen LogP contribution in [0.25, 0.3) is 22.3 Å². The van der Waals surface area contributed by atoms with Gasteiger partial charge in [-0.25, -0.2) is 0 Å². The smallest absolute Gasteiger partial charge is 0.231 e. The van der Waals surface area contributed by atoms with E-state index in [4.69, 9.17) is 9.51 Å². The third-order valence-electron chi connectivity index (χ3n) is 5.93. The van der Waals surface area contributed by atoms with Crippen molar-refractivity contribution in [3.05, 3.63) is 36.4 Å². The largest absolute Gasteiger partial charge is 0.350 e. The van der Waals surface area contributed by atoms with Gasteiger partial charge in [-0.2, -0.15) is 4.98 Å². The van der Waals surface area contributed by atoms with Crippen LogP contribution in [-0.2, 0) is 7.05 Å². The average Bonchev–Trinajstić information content (AvgIpc) is 3.21. The molecule has 2 aliphatic heterocycles. The first kappa shape index (κ1) is 14.2. The summed E-state index contributed by atoms with van der Waals surface area (Å²) < 4.78 is 7.84. The zero-order chi connectivity index (χ0) is 16.3. The molecular formula is C19H22N4O. The monoisotopic (exact) mass is 322 g/mol. The van der Waals surface area contributed by atoms with Crippen LogP contribution in [0.3, 0.4) is 0 Å². The molecule has 1 aliphatic carbocycles. The molecule has 0 radical (unpaired) electrons. The Balaban J connectivity index is 1.53. The lowest BCUT2D eigenvalue weighted by atomic mass is 9.73. The minimum Gasteiger partial charge on any atom is -0.350 e. The fourth-order valence-corrected chi connectivity index (χ4v) is 4.76. The average molecular weight is 322 g/mol. The van der Waals surface area contributed by atoms with E-state index in [0.717, 1.165) is 17.4 Å². The summed E-state index contributed by atoms with van der Waals surface area (Å²) in [5, 5.41) is 5.49. The highest BCUT2D eigenvalue weighted by molar-refractivity contribution is 5.94. The molecule has 0 N–H and O–H groups in total. The predicted molar refractivity (Wildman–Crippen MR) is 92.7 cm³/mol. The molecule has 2 aromatic heterocycles. The highest BCUT2D eigenvalue weighted by Crippen LogP contribution is 2.43. The number of aryl methyl sites for hydroxylation is 1. The van der Waals surface area contributed by atoms with E-state index in [1.165, 1.54) is 36.7 Å². The predicted octanol–water partition coefficient (Wildman–Crippen LogP) is 3.43. The van der Waals surface area contributed by atoms with Crippen molar-refractivity contribution in [3.8, 4) is 11.4 Å². The number of hydrogen-bond donors (Lipinski definition) is 0. The highest BCUT2D eigenvalue weighted by atomic mass is 16.5. The van der Waals surface area contributed by atoms with Crippen molar-refractivity contribution in [2.24, 2.45) is 13.0 Å². The van der Waals surface area contributed by atoms with Gasteiger partial charge >= 0.3 is 0 Å². The van der Waals surface area contributed by atoms with Crippen LogP contribution in [0.4, 0.5) is 0 Å². The minimum atomic E-state index is 0.388. The molecule has 2 bridgehead atoms. The van der Waals surface area contributed by atoms with Crippen LogP contribution in [0.1, 0.15) is 31.1 Å². The summed E-state index contributed by atoms with van der Waals surface area (Å²) in [5.41, 5.74) is 2.24. The first-order valence-corrected chi connectivity index (χ1v) is 8.79. The highest BCUT2D eigenvalue weighted by Gasteiger charge is 2.42. The number of piperidine rings is 2. The van der Waals surface area contributed by atoms with Crippen LogP contribution < -0.4 is 0 Å². The molecule has 2 saturated heterocycles. The number of nitrogens with zero attached hydrogens (tertiary/aromatic N) is 4. The second kappa shape index (κ2) is 5.18. The number of rotatable bonds is 2. The third kappa shape index (κ3) is 2.04. The molecule has 24 heavy (non-hydrogen) atoms. The van der Waals surface area contributed by atoms with Crippen molar-refractivity contribution < 1.29 is 4.52 Å². The molecule has 5 heteroatoms. The van der Waals surface area contributed by atoms with Crippen molar-refractivity contribution in [3.63, 3.8) is 0 Å². The summed E-state index contributed by atoms with van der Waals surface area (Å²) in [6, 6.07) is 8.91. The van der Waals surface area contributed by atoms with Gasteiger partial charge in [0, 0.05) is 42.3 Å². The van der Waals surface area contributed by atoms with E-state index in [1.54, 1.807) is 0 Å². The second-order valence-electron chi connectivity index (χ2n) is 7.42. The summed E-state index contributed by atoms with van der Waals surface area (Å²) >= 11 is 0. The van der Waals surface area contributed by atoms with Gasteiger partial charge in [0.1, 0.15) is 0 Å². The maximum atomic E-state index is 5.72. The Kier molecular flexibility index (Phi) is 3.07. The zero-order valence-electron chi connectivity index (χ0n) is 14.1. The standard InChI is InChI=1S/C19H22N4O/c1-22-10-12-7-8-17(22)14(9-12)19-20-18(21-24-19)15-11-23(2)16-6-4-3-5-13(15)16/h3-6,11-12,14,17H,7-10H2,1-2H3/t12-,14+,17+/m0/s1. The lowest BCUT2D eigenvalue weighted by Crippen LogP contribution is -2.50. The van der Waals surface area contributed by atoms with Crippen LogP contribution in [0.15, 0.2) is 35.0 Å². The van der Waals surface area contributed by atoms with Crippen molar-refractivity contribution in [2.45, 2.75) is 31.2 Å². The zero-order valence-corrected chi connectivity index (χ0v) is 14.1. The van der Waals surface area contributed by atoms with E-state index in [1.807, 2.05) is 0 Å². The normalized spacial score (nSPS) is 27.2. The number of hydrogen-bond acceptors (Lipinski definition) is 4. The van der Waals surface area contributed by atoms with Gasteiger partial charge in [0.2, 0.25) is 11.7 Å². The maximum Gasteiger partial charge on any atom is 0.231 e. The molecule has 1 saturated carbocycles. The van der Waals surface area contributed by atoms with E-state index in [2.05, 4.69) is 59.2 Å². The Labute approximate surface area is 141 Å². The van der Waals surface area contributed by atoms with Gasteiger partial charge in [-0.05, 0) is 38.3 Å². The van der Waals surface area contributed by atoms with Gasteiger partial charge in [-0.15, -0.1) is 0 Å². The topological polar surface area (TPSA) is 47.1 Å². The Morgan fingerprint density at radius 2 is 2.04 bits per heavy atom. The second-order valence-corrected chi connectivity index (χ2v) is 7.42. The van der Waals surface area contributed by atoms with Gasteiger partial charge in [-0.1, -0.05) is 23.4 Å². The Morgan fingerprint density at radius 3 is 2.88 bits per heavy atom. The van der Waals surface area contributed by atoms with Crippen LogP contribution in [-0.4, -0.2) is 39.2 Å². The Morgan fingerprint density at radius 1 is 1.17 bits per heavy atom. The van der Waals surface area contributed by atoms with Gasteiger partial charge in [0.15, 0.2) is 0 Å². The number of aromatic nitrogens is 3. The van der Waals surface area contributed by atoms with Crippen LogP contribution in [0, 0.1) is 5.92 Å². The summed E-state index contributed by atoms with van der Waals surface area (Å²) in [6.07, 6.45) is 5.87. The molecule has 5 nitrogen and oxygen atoms in total. The first-order chi connectivity index (χ1) is 11.7. The summed E-state index contributed by atoms with van der Waals surface area (Å²) in [6.45, 7) is 1.21. The quantitative estimate of drug-likeness (QED) is 0.725. The molecule has 0 amide bonds. The van der Waals surface area contributed by atoms with Gasteiger partial charge in [0.25, 0.3) is 0 Å². The number of fused-ring (bicyclic) bond motifs is 4. The minimum absolute atomic E-state index is 0.388. The maximum absolute atomic E-state index is 5.72. The SMILES string of the molecule is CN1C[C@H]2CC[C@@H]1[C@H](c1nc(-c3cn(C)c4ccccc34)no1)C2. The first-order valence-electron chi connectivity index (χ1n) is 8.79. The van der Waals surface area contributed by atoms with Crippen LogP contribution >= 0.6 is 0 Å². The van der Waals surface area contributed by atoms with E-state index in [0.29, 0.717) is 17.8 Å². The molecule has 124 valence electrons. The molecule has 6 rings (SSSR count). The molecule has 1 aromatic carbocycles. The van der Waals surface area contributed by atoms with Crippen molar-refractivity contribution >= 4 is 10.9 Å². The van der Waals surface area contributed by atoms with E-state index in [9.17, 15) is 0 Å².